The van der Waals surface area contributed by atoms with E-state index < -0.39 is 0 Å². The van der Waals surface area contributed by atoms with E-state index in [4.69, 9.17) is 4.74 Å². The highest BCUT2D eigenvalue weighted by Crippen LogP contribution is 2.24. The number of hydrogen-bond donors (Lipinski definition) is 0. The Bertz CT molecular complexity index is 1350. The number of benzene rings is 1. The number of hydrogen-bond acceptors (Lipinski definition) is 7. The third-order valence-corrected chi connectivity index (χ3v) is 5.58. The Morgan fingerprint density at radius 1 is 1.24 bits per heavy atom. The molecule has 3 aromatic heterocycles. The van der Waals surface area contributed by atoms with Crippen LogP contribution in [0.25, 0.3) is 22.2 Å². The van der Waals surface area contributed by atoms with Crippen LogP contribution in [0.5, 0.6) is 0 Å². The fourth-order valence-corrected chi connectivity index (χ4v) is 3.94. The number of nitrogens with zero attached hydrogens (tertiary/aromatic N) is 8. The molecule has 4 heterocycles. The van der Waals surface area contributed by atoms with Gasteiger partial charge in [-0.1, -0.05) is 6.08 Å². The fraction of sp³-hybridized carbons (Fsp3) is 0.304. The number of fused-ring (bicyclic) bond motifs is 1. The standard InChI is InChI=1S/C23H23FN8O2/c1-15(2)34-23(33)30-6-3-16(4-7-30)21-12-25-18(11-26-21)13-31-8-5-17-9-19(10-20(24)22(17)31)32-14-27-28-29-32/h3,5,8-12,14-15H,4,6-7,13H2,1-2H3. The van der Waals surface area contributed by atoms with Crippen molar-refractivity contribution in [3.8, 4) is 5.69 Å². The van der Waals surface area contributed by atoms with Gasteiger partial charge < -0.3 is 14.2 Å². The summed E-state index contributed by atoms with van der Waals surface area (Å²) in [5, 5.41) is 11.7. The van der Waals surface area contributed by atoms with Crippen molar-refractivity contribution in [2.24, 2.45) is 0 Å². The van der Waals surface area contributed by atoms with E-state index in [1.807, 2.05) is 38.3 Å². The van der Waals surface area contributed by atoms with E-state index in [1.165, 1.54) is 17.1 Å². The van der Waals surface area contributed by atoms with E-state index in [1.54, 1.807) is 21.9 Å². The van der Waals surface area contributed by atoms with Gasteiger partial charge in [0.1, 0.15) is 12.1 Å². The molecule has 1 amide bonds. The molecule has 0 atom stereocenters. The van der Waals surface area contributed by atoms with E-state index in [0.717, 1.165) is 16.7 Å². The van der Waals surface area contributed by atoms with Crippen LogP contribution in [-0.4, -0.2) is 64.9 Å². The largest absolute Gasteiger partial charge is 0.447 e. The first-order valence-corrected chi connectivity index (χ1v) is 11.0. The zero-order valence-corrected chi connectivity index (χ0v) is 18.8. The molecule has 11 heteroatoms. The van der Waals surface area contributed by atoms with Crippen molar-refractivity contribution in [3.05, 3.63) is 66.4 Å². The number of carbonyl (C=O) groups excluding carboxylic acids is 1. The number of aromatic nitrogens is 7. The molecule has 0 saturated heterocycles. The van der Waals surface area contributed by atoms with E-state index >= 15 is 0 Å². The van der Waals surface area contributed by atoms with Crippen molar-refractivity contribution in [1.82, 2.24) is 39.6 Å². The number of rotatable bonds is 5. The minimum absolute atomic E-state index is 0.143. The monoisotopic (exact) mass is 462 g/mol. The topological polar surface area (TPSA) is 104 Å². The number of amides is 1. The summed E-state index contributed by atoms with van der Waals surface area (Å²) in [6.07, 6.45) is 8.88. The van der Waals surface area contributed by atoms with Gasteiger partial charge in [0, 0.05) is 30.7 Å². The number of ether oxygens (including phenoxy) is 1. The lowest BCUT2D eigenvalue weighted by molar-refractivity contribution is 0.0799. The third kappa shape index (κ3) is 4.36. The highest BCUT2D eigenvalue weighted by molar-refractivity contribution is 5.83. The minimum Gasteiger partial charge on any atom is -0.447 e. The molecule has 10 nitrogen and oxygen atoms in total. The lowest BCUT2D eigenvalue weighted by atomic mass is 10.1. The Morgan fingerprint density at radius 3 is 2.79 bits per heavy atom. The minimum atomic E-state index is -0.370. The molecule has 174 valence electrons. The van der Waals surface area contributed by atoms with Crippen molar-refractivity contribution in [3.63, 3.8) is 0 Å². The second-order valence-electron chi connectivity index (χ2n) is 8.31. The molecular formula is C23H23FN8O2. The summed E-state index contributed by atoms with van der Waals surface area (Å²) in [5.74, 6) is -0.370. The molecule has 1 aliphatic heterocycles. The summed E-state index contributed by atoms with van der Waals surface area (Å²) in [6.45, 7) is 5.09. The van der Waals surface area contributed by atoms with Crippen LogP contribution in [0.4, 0.5) is 9.18 Å². The van der Waals surface area contributed by atoms with Gasteiger partial charge in [-0.25, -0.2) is 13.9 Å². The summed E-state index contributed by atoms with van der Waals surface area (Å²) in [6, 6.07) is 5.08. The molecule has 4 aromatic rings. The van der Waals surface area contributed by atoms with Crippen LogP contribution in [0.2, 0.25) is 0 Å². The van der Waals surface area contributed by atoms with Gasteiger partial charge in [0.15, 0.2) is 0 Å². The summed E-state index contributed by atoms with van der Waals surface area (Å²) >= 11 is 0. The van der Waals surface area contributed by atoms with Crippen LogP contribution in [0, 0.1) is 5.82 Å². The van der Waals surface area contributed by atoms with Gasteiger partial charge in [0.05, 0.1) is 47.6 Å². The second-order valence-corrected chi connectivity index (χ2v) is 8.31. The highest BCUT2D eigenvalue weighted by Gasteiger charge is 2.20. The highest BCUT2D eigenvalue weighted by atomic mass is 19.1. The Labute approximate surface area is 194 Å². The van der Waals surface area contributed by atoms with Gasteiger partial charge in [-0.15, -0.1) is 5.10 Å². The van der Waals surface area contributed by atoms with E-state index in [2.05, 4.69) is 25.5 Å². The SMILES string of the molecule is CC(C)OC(=O)N1CC=C(c2cnc(Cn3ccc4cc(-n5cnnn5)cc(F)c43)cn2)CC1. The molecule has 0 aliphatic carbocycles. The Morgan fingerprint density at radius 2 is 2.12 bits per heavy atom. The normalized spacial score (nSPS) is 14.0. The molecule has 0 bridgehead atoms. The van der Waals surface area contributed by atoms with Crippen LogP contribution >= 0.6 is 0 Å². The van der Waals surface area contributed by atoms with Crippen molar-refractivity contribution >= 4 is 22.6 Å². The molecule has 0 saturated carbocycles. The summed E-state index contributed by atoms with van der Waals surface area (Å²) < 4.78 is 23.4. The molecular weight excluding hydrogens is 439 g/mol. The molecule has 0 N–H and O–H groups in total. The first-order valence-electron chi connectivity index (χ1n) is 11.0. The average Bonchev–Trinajstić information content (AvgIpc) is 3.50. The maximum Gasteiger partial charge on any atom is 0.410 e. The van der Waals surface area contributed by atoms with Gasteiger partial charge in [0.25, 0.3) is 0 Å². The lowest BCUT2D eigenvalue weighted by Crippen LogP contribution is -2.36. The summed E-state index contributed by atoms with van der Waals surface area (Å²) in [7, 11) is 0. The second kappa shape index (κ2) is 9.00. The summed E-state index contributed by atoms with van der Waals surface area (Å²) in [5.41, 5.74) is 3.55. The van der Waals surface area contributed by atoms with Gasteiger partial charge in [0.2, 0.25) is 0 Å². The van der Waals surface area contributed by atoms with Crippen LogP contribution in [0.1, 0.15) is 31.7 Å². The Kier molecular flexibility index (Phi) is 5.74. The van der Waals surface area contributed by atoms with Gasteiger partial charge in [-0.05, 0) is 48.4 Å². The molecule has 5 rings (SSSR count). The quantitative estimate of drug-likeness (QED) is 0.448. The molecule has 0 fully saturated rings. The van der Waals surface area contributed by atoms with E-state index in [0.29, 0.717) is 43.0 Å². The molecule has 0 spiro atoms. The van der Waals surface area contributed by atoms with Gasteiger partial charge in [-0.3, -0.25) is 9.97 Å². The molecule has 34 heavy (non-hydrogen) atoms. The van der Waals surface area contributed by atoms with Gasteiger partial charge in [-0.2, -0.15) is 0 Å². The molecule has 0 radical (unpaired) electrons. The fourth-order valence-electron chi connectivity index (χ4n) is 3.94. The van der Waals surface area contributed by atoms with Crippen LogP contribution in [0.3, 0.4) is 0 Å². The van der Waals surface area contributed by atoms with Crippen molar-refractivity contribution < 1.29 is 13.9 Å². The lowest BCUT2D eigenvalue weighted by Gasteiger charge is -2.26. The van der Waals surface area contributed by atoms with Crippen LogP contribution < -0.4 is 0 Å². The zero-order chi connectivity index (χ0) is 23.7. The molecule has 0 unspecified atom stereocenters. The van der Waals surface area contributed by atoms with E-state index in [9.17, 15) is 9.18 Å². The smallest absolute Gasteiger partial charge is 0.410 e. The number of tetrazole rings is 1. The molecule has 1 aromatic carbocycles. The average molecular weight is 462 g/mol. The van der Waals surface area contributed by atoms with E-state index in [-0.39, 0.29) is 18.0 Å². The first kappa shape index (κ1) is 21.7. The third-order valence-electron chi connectivity index (χ3n) is 5.58. The summed E-state index contributed by atoms with van der Waals surface area (Å²) in [4.78, 5) is 22.8. The molecule has 1 aliphatic rings. The Hall–Kier alpha value is -4.15. The van der Waals surface area contributed by atoms with Crippen LogP contribution in [0.15, 0.2) is 49.2 Å². The predicted molar refractivity (Wildman–Crippen MR) is 122 cm³/mol. The Balaban J connectivity index is 1.29. The first-order chi connectivity index (χ1) is 16.5. The van der Waals surface area contributed by atoms with Gasteiger partial charge >= 0.3 is 6.09 Å². The van der Waals surface area contributed by atoms with Crippen molar-refractivity contribution in [2.75, 3.05) is 13.1 Å². The predicted octanol–water partition coefficient (Wildman–Crippen LogP) is 3.23. The van der Waals surface area contributed by atoms with Crippen molar-refractivity contribution in [2.45, 2.75) is 32.9 Å². The van der Waals surface area contributed by atoms with Crippen molar-refractivity contribution in [1.29, 1.82) is 0 Å². The number of halogens is 1. The van der Waals surface area contributed by atoms with Crippen LogP contribution in [-0.2, 0) is 11.3 Å². The number of carbonyl (C=O) groups is 1. The maximum absolute atomic E-state index is 14.9. The maximum atomic E-state index is 14.9. The zero-order valence-electron chi connectivity index (χ0n) is 18.8.